The highest BCUT2D eigenvalue weighted by molar-refractivity contribution is 6.03. The van der Waals surface area contributed by atoms with E-state index in [1.807, 2.05) is 49.4 Å². The summed E-state index contributed by atoms with van der Waals surface area (Å²) < 4.78 is 10.4. The molecular formula is C23H26N6O3. The van der Waals surface area contributed by atoms with E-state index in [1.54, 1.807) is 19.2 Å². The summed E-state index contributed by atoms with van der Waals surface area (Å²) in [6.07, 6.45) is 0. The molecule has 0 radical (unpaired) electrons. The van der Waals surface area contributed by atoms with E-state index in [2.05, 4.69) is 20.9 Å². The van der Waals surface area contributed by atoms with Crippen LogP contribution < -0.4 is 26.4 Å². The Kier molecular flexibility index (Phi) is 7.12. The first-order valence-electron chi connectivity index (χ1n) is 9.88. The summed E-state index contributed by atoms with van der Waals surface area (Å²) in [5, 5.41) is 16.8. The number of urea groups is 1. The van der Waals surface area contributed by atoms with Crippen molar-refractivity contribution in [3.05, 3.63) is 71.8 Å². The summed E-state index contributed by atoms with van der Waals surface area (Å²) in [6.45, 7) is 1.88. The Hall–Kier alpha value is -4.27. The van der Waals surface area contributed by atoms with Gasteiger partial charge in [0.15, 0.2) is 0 Å². The number of rotatable bonds is 7. The van der Waals surface area contributed by atoms with Crippen molar-refractivity contribution in [3.8, 4) is 5.75 Å². The summed E-state index contributed by atoms with van der Waals surface area (Å²) >= 11 is 0. The minimum absolute atomic E-state index is 0.166. The number of amides is 2. The normalized spacial score (nSPS) is 11.2. The standard InChI is InChI=1S/C23H26N6O3/c1-14(15-9-5-4-6-10-15)26-23(30)29-19-13-16(24)20(21(25)32-3)22(28-19)27-17-11-7-8-12-18(17)31-2/h4-14,25H,1-3H3,(H5,24,26,27,28,29,30)/t14-/m1/s1. The van der Waals surface area contributed by atoms with Gasteiger partial charge in [-0.2, -0.15) is 0 Å². The van der Waals surface area contributed by atoms with Crippen LogP contribution in [0.4, 0.5) is 27.8 Å². The Morgan fingerprint density at radius 1 is 1.09 bits per heavy atom. The first-order chi connectivity index (χ1) is 15.4. The smallest absolute Gasteiger partial charge is 0.320 e. The van der Waals surface area contributed by atoms with Crippen LogP contribution in [0.15, 0.2) is 60.7 Å². The van der Waals surface area contributed by atoms with E-state index in [4.69, 9.17) is 20.6 Å². The molecule has 0 saturated carbocycles. The molecule has 1 heterocycles. The van der Waals surface area contributed by atoms with Crippen molar-refractivity contribution in [1.82, 2.24) is 10.3 Å². The molecule has 0 aliphatic heterocycles. The number of carbonyl (C=O) groups is 1. The Morgan fingerprint density at radius 3 is 2.47 bits per heavy atom. The molecule has 9 nitrogen and oxygen atoms in total. The van der Waals surface area contributed by atoms with Crippen molar-refractivity contribution in [3.63, 3.8) is 0 Å². The third kappa shape index (κ3) is 5.25. The topological polar surface area (TPSA) is 134 Å². The minimum Gasteiger partial charge on any atom is -0.495 e. The summed E-state index contributed by atoms with van der Waals surface area (Å²) in [5.41, 5.74) is 8.26. The number of para-hydroxylation sites is 2. The van der Waals surface area contributed by atoms with Crippen LogP contribution in [0.5, 0.6) is 5.75 Å². The maximum atomic E-state index is 12.5. The van der Waals surface area contributed by atoms with E-state index in [0.29, 0.717) is 11.4 Å². The first-order valence-corrected chi connectivity index (χ1v) is 9.88. The Bertz CT molecular complexity index is 1100. The number of nitrogens with one attached hydrogen (secondary N) is 4. The van der Waals surface area contributed by atoms with Crippen LogP contribution >= 0.6 is 0 Å². The largest absolute Gasteiger partial charge is 0.495 e. The Morgan fingerprint density at radius 2 is 1.78 bits per heavy atom. The quantitative estimate of drug-likeness (QED) is 0.278. The zero-order valence-corrected chi connectivity index (χ0v) is 18.1. The highest BCUT2D eigenvalue weighted by atomic mass is 16.5. The van der Waals surface area contributed by atoms with Gasteiger partial charge < -0.3 is 25.8 Å². The monoisotopic (exact) mass is 434 g/mol. The van der Waals surface area contributed by atoms with Gasteiger partial charge in [0.25, 0.3) is 0 Å². The number of carbonyl (C=O) groups excluding carboxylic acids is 1. The van der Waals surface area contributed by atoms with Crippen LogP contribution in [-0.4, -0.2) is 31.1 Å². The molecular weight excluding hydrogens is 408 g/mol. The lowest BCUT2D eigenvalue weighted by Gasteiger charge is -2.18. The van der Waals surface area contributed by atoms with Gasteiger partial charge >= 0.3 is 6.03 Å². The van der Waals surface area contributed by atoms with E-state index in [9.17, 15) is 4.79 Å². The molecule has 3 aromatic rings. The minimum atomic E-state index is -0.439. The molecule has 1 atom stereocenters. The predicted octanol–water partition coefficient (Wildman–Crippen LogP) is 4.27. The number of aromatic nitrogens is 1. The number of methoxy groups -OCH3 is 2. The third-order valence-electron chi connectivity index (χ3n) is 4.73. The van der Waals surface area contributed by atoms with Crippen molar-refractivity contribution in [2.75, 3.05) is 30.6 Å². The number of benzene rings is 2. The maximum absolute atomic E-state index is 12.5. The number of nitrogens with zero attached hydrogens (tertiary/aromatic N) is 1. The molecule has 3 rings (SSSR count). The van der Waals surface area contributed by atoms with Gasteiger partial charge in [0, 0.05) is 6.07 Å². The molecule has 0 bridgehead atoms. The molecule has 0 spiro atoms. The number of ether oxygens (including phenoxy) is 2. The molecule has 2 aromatic carbocycles. The van der Waals surface area contributed by atoms with Crippen molar-refractivity contribution in [2.45, 2.75) is 13.0 Å². The maximum Gasteiger partial charge on any atom is 0.320 e. The van der Waals surface area contributed by atoms with E-state index in [-0.39, 0.29) is 34.8 Å². The van der Waals surface area contributed by atoms with Gasteiger partial charge in [-0.25, -0.2) is 9.78 Å². The molecule has 0 aliphatic carbocycles. The zero-order valence-electron chi connectivity index (χ0n) is 18.1. The molecule has 0 aliphatic rings. The number of nitrogen functional groups attached to an aromatic ring is 1. The molecule has 32 heavy (non-hydrogen) atoms. The van der Waals surface area contributed by atoms with Crippen molar-refractivity contribution in [1.29, 1.82) is 5.41 Å². The lowest BCUT2D eigenvalue weighted by atomic mass is 10.1. The van der Waals surface area contributed by atoms with Crippen LogP contribution in [0.1, 0.15) is 24.1 Å². The van der Waals surface area contributed by atoms with E-state index >= 15 is 0 Å². The van der Waals surface area contributed by atoms with Crippen molar-refractivity contribution >= 4 is 34.9 Å². The second kappa shape index (κ2) is 10.2. The van der Waals surface area contributed by atoms with Gasteiger partial charge in [-0.05, 0) is 24.6 Å². The Labute approximate surface area is 186 Å². The number of hydrogen-bond donors (Lipinski definition) is 5. The third-order valence-corrected chi connectivity index (χ3v) is 4.73. The highest BCUT2D eigenvalue weighted by Crippen LogP contribution is 2.31. The summed E-state index contributed by atoms with van der Waals surface area (Å²) in [6, 6.07) is 17.7. The van der Waals surface area contributed by atoms with Gasteiger partial charge in [0.05, 0.1) is 31.6 Å². The van der Waals surface area contributed by atoms with E-state index in [0.717, 1.165) is 5.56 Å². The molecule has 0 fully saturated rings. The van der Waals surface area contributed by atoms with Crippen LogP contribution in [0.2, 0.25) is 0 Å². The summed E-state index contributed by atoms with van der Waals surface area (Å²) in [5.74, 6) is 0.870. The fourth-order valence-corrected chi connectivity index (χ4v) is 3.11. The van der Waals surface area contributed by atoms with Crippen LogP contribution in [0.25, 0.3) is 0 Å². The second-order valence-electron chi connectivity index (χ2n) is 6.91. The predicted molar refractivity (Wildman–Crippen MR) is 126 cm³/mol. The van der Waals surface area contributed by atoms with Crippen LogP contribution in [0, 0.1) is 5.41 Å². The number of hydrogen-bond acceptors (Lipinski definition) is 7. The average Bonchev–Trinajstić information content (AvgIpc) is 2.79. The van der Waals surface area contributed by atoms with Gasteiger partial charge in [0.1, 0.15) is 22.9 Å². The average molecular weight is 435 g/mol. The van der Waals surface area contributed by atoms with Crippen LogP contribution in [0.3, 0.4) is 0 Å². The van der Waals surface area contributed by atoms with Gasteiger partial charge in [0.2, 0.25) is 5.90 Å². The lowest BCUT2D eigenvalue weighted by Crippen LogP contribution is -2.31. The molecule has 6 N–H and O–H groups in total. The molecule has 166 valence electrons. The molecule has 0 unspecified atom stereocenters. The zero-order chi connectivity index (χ0) is 23.1. The highest BCUT2D eigenvalue weighted by Gasteiger charge is 2.19. The molecule has 1 aromatic heterocycles. The number of anilines is 4. The summed E-state index contributed by atoms with van der Waals surface area (Å²) in [4.78, 5) is 17.0. The SMILES string of the molecule is COC(=N)c1c(N)cc(NC(=O)N[C@H](C)c2ccccc2)nc1Nc1ccccc1OC. The van der Waals surface area contributed by atoms with E-state index < -0.39 is 6.03 Å². The number of nitrogens with two attached hydrogens (primary N) is 1. The number of pyridine rings is 1. The first kappa shape index (κ1) is 22.4. The van der Waals surface area contributed by atoms with E-state index in [1.165, 1.54) is 13.2 Å². The fraction of sp³-hybridized carbons (Fsp3) is 0.174. The van der Waals surface area contributed by atoms with Crippen molar-refractivity contribution in [2.24, 2.45) is 0 Å². The van der Waals surface area contributed by atoms with Gasteiger partial charge in [-0.1, -0.05) is 42.5 Å². The Balaban J connectivity index is 1.87. The molecule has 0 saturated heterocycles. The second-order valence-corrected chi connectivity index (χ2v) is 6.91. The lowest BCUT2D eigenvalue weighted by molar-refractivity contribution is 0.249. The van der Waals surface area contributed by atoms with Crippen molar-refractivity contribution < 1.29 is 14.3 Å². The fourth-order valence-electron chi connectivity index (χ4n) is 3.11. The van der Waals surface area contributed by atoms with Gasteiger partial charge in [-0.3, -0.25) is 10.7 Å². The molecule has 2 amide bonds. The van der Waals surface area contributed by atoms with Crippen LogP contribution in [-0.2, 0) is 4.74 Å². The van der Waals surface area contributed by atoms with Gasteiger partial charge in [-0.15, -0.1) is 0 Å². The summed E-state index contributed by atoms with van der Waals surface area (Å²) in [7, 11) is 2.93. The molecule has 9 heteroatoms.